The van der Waals surface area contributed by atoms with Gasteiger partial charge in [-0.3, -0.25) is 4.68 Å². The Bertz CT molecular complexity index is 1030. The van der Waals surface area contributed by atoms with E-state index in [1.54, 1.807) is 0 Å². The van der Waals surface area contributed by atoms with Crippen LogP contribution in [0.5, 0.6) is 11.5 Å². The van der Waals surface area contributed by atoms with E-state index >= 15 is 0 Å². The summed E-state index contributed by atoms with van der Waals surface area (Å²) in [4.78, 5) is 0. The van der Waals surface area contributed by atoms with Crippen molar-refractivity contribution in [3.8, 4) is 11.5 Å². The first kappa shape index (κ1) is 18.6. The van der Waals surface area contributed by atoms with Gasteiger partial charge in [0.15, 0.2) is 16.6 Å². The van der Waals surface area contributed by atoms with Crippen LogP contribution in [-0.2, 0) is 6.54 Å². The number of thiocarbonyl (C=S) groups is 1. The molecule has 6 nitrogen and oxygen atoms in total. The maximum absolute atomic E-state index is 5.96. The van der Waals surface area contributed by atoms with Crippen LogP contribution in [0.1, 0.15) is 17.0 Å². The van der Waals surface area contributed by atoms with Crippen molar-refractivity contribution in [1.82, 2.24) is 9.78 Å². The molecule has 0 atom stereocenters. The smallest absolute Gasteiger partial charge is 0.231 e. The molecule has 0 unspecified atom stereocenters. The van der Waals surface area contributed by atoms with E-state index < -0.39 is 0 Å². The molecular weight excluding hydrogens is 396 g/mol. The molecule has 2 N–H and O–H groups in total. The SMILES string of the molecule is Cc1nn(Cc2ccc(Cl)cc2)c(C)c1NC(=S)Nc1ccc2c(c1)OCO2. The monoisotopic (exact) mass is 414 g/mol. The van der Waals surface area contributed by atoms with E-state index in [0.29, 0.717) is 17.4 Å². The number of nitrogens with one attached hydrogen (secondary N) is 2. The number of anilines is 2. The zero-order valence-electron chi connectivity index (χ0n) is 15.5. The molecule has 0 aliphatic carbocycles. The second-order valence-electron chi connectivity index (χ2n) is 6.48. The van der Waals surface area contributed by atoms with Crippen LogP contribution in [0.4, 0.5) is 11.4 Å². The minimum Gasteiger partial charge on any atom is -0.454 e. The summed E-state index contributed by atoms with van der Waals surface area (Å²) in [5.74, 6) is 1.44. The Balaban J connectivity index is 1.46. The first-order valence-corrected chi connectivity index (χ1v) is 9.54. The summed E-state index contributed by atoms with van der Waals surface area (Å²) in [5.41, 5.74) is 4.73. The maximum Gasteiger partial charge on any atom is 0.231 e. The van der Waals surface area contributed by atoms with Crippen LogP contribution in [0.25, 0.3) is 0 Å². The van der Waals surface area contributed by atoms with Crippen molar-refractivity contribution in [2.24, 2.45) is 0 Å². The number of aromatic nitrogens is 2. The normalized spacial score (nSPS) is 12.1. The Morgan fingerprint density at radius 2 is 1.86 bits per heavy atom. The van der Waals surface area contributed by atoms with Gasteiger partial charge in [0.25, 0.3) is 0 Å². The summed E-state index contributed by atoms with van der Waals surface area (Å²) in [5, 5.41) is 12.3. The van der Waals surface area contributed by atoms with Crippen molar-refractivity contribution in [1.29, 1.82) is 0 Å². The average Bonchev–Trinajstić information content (AvgIpc) is 3.23. The van der Waals surface area contributed by atoms with E-state index in [-0.39, 0.29) is 6.79 Å². The summed E-state index contributed by atoms with van der Waals surface area (Å²) in [6.07, 6.45) is 0. The Morgan fingerprint density at radius 1 is 1.11 bits per heavy atom. The number of hydrogen-bond acceptors (Lipinski definition) is 4. The standard InChI is InChI=1S/C20H19ClN4O2S/c1-12-19(13(2)25(24-12)10-14-3-5-15(21)6-4-14)23-20(28)22-16-7-8-17-18(9-16)27-11-26-17/h3-9H,10-11H2,1-2H3,(H2,22,23,28). The lowest BCUT2D eigenvalue weighted by atomic mass is 10.2. The second kappa shape index (κ2) is 7.69. The third-order valence-corrected chi connectivity index (χ3v) is 4.95. The topological polar surface area (TPSA) is 60.3 Å². The van der Waals surface area contributed by atoms with Crippen LogP contribution < -0.4 is 20.1 Å². The molecular formula is C20H19ClN4O2S. The summed E-state index contributed by atoms with van der Waals surface area (Å²) < 4.78 is 12.7. The summed E-state index contributed by atoms with van der Waals surface area (Å²) >= 11 is 11.4. The number of aryl methyl sites for hydroxylation is 1. The van der Waals surface area contributed by atoms with Crippen LogP contribution in [0, 0.1) is 13.8 Å². The van der Waals surface area contributed by atoms with E-state index in [0.717, 1.165) is 39.1 Å². The average molecular weight is 415 g/mol. The molecule has 4 rings (SSSR count). The lowest BCUT2D eigenvalue weighted by Gasteiger charge is -2.12. The number of rotatable bonds is 4. The van der Waals surface area contributed by atoms with Gasteiger partial charge in [-0.1, -0.05) is 23.7 Å². The molecule has 0 fully saturated rings. The maximum atomic E-state index is 5.96. The van der Waals surface area contributed by atoms with Gasteiger partial charge in [0.1, 0.15) is 0 Å². The molecule has 0 bridgehead atoms. The van der Waals surface area contributed by atoms with E-state index in [2.05, 4.69) is 15.7 Å². The quantitative estimate of drug-likeness (QED) is 0.601. The molecule has 2 aromatic carbocycles. The lowest BCUT2D eigenvalue weighted by Crippen LogP contribution is -2.20. The Kier molecular flexibility index (Phi) is 5.11. The highest BCUT2D eigenvalue weighted by molar-refractivity contribution is 7.80. The van der Waals surface area contributed by atoms with E-state index in [1.807, 2.05) is 61.0 Å². The molecule has 144 valence electrons. The predicted molar refractivity (Wildman–Crippen MR) is 115 cm³/mol. The van der Waals surface area contributed by atoms with Gasteiger partial charge in [-0.2, -0.15) is 5.10 Å². The zero-order valence-corrected chi connectivity index (χ0v) is 17.0. The van der Waals surface area contributed by atoms with Gasteiger partial charge in [-0.15, -0.1) is 0 Å². The van der Waals surface area contributed by atoms with Crippen LogP contribution in [0.15, 0.2) is 42.5 Å². The van der Waals surface area contributed by atoms with Gasteiger partial charge in [-0.05, 0) is 55.9 Å². The van der Waals surface area contributed by atoms with Crippen molar-refractivity contribution in [3.05, 3.63) is 64.4 Å². The van der Waals surface area contributed by atoms with Crippen molar-refractivity contribution in [2.45, 2.75) is 20.4 Å². The van der Waals surface area contributed by atoms with E-state index in [4.69, 9.17) is 33.3 Å². The predicted octanol–water partition coefficient (Wildman–Crippen LogP) is 4.74. The zero-order chi connectivity index (χ0) is 19.7. The first-order valence-electron chi connectivity index (χ1n) is 8.76. The minimum absolute atomic E-state index is 0.243. The van der Waals surface area contributed by atoms with Gasteiger partial charge in [0, 0.05) is 16.8 Å². The summed E-state index contributed by atoms with van der Waals surface area (Å²) in [6, 6.07) is 13.4. The highest BCUT2D eigenvalue weighted by Crippen LogP contribution is 2.34. The van der Waals surface area contributed by atoms with Crippen LogP contribution in [0.3, 0.4) is 0 Å². The lowest BCUT2D eigenvalue weighted by molar-refractivity contribution is 0.174. The molecule has 0 radical (unpaired) electrons. The van der Waals surface area contributed by atoms with Crippen molar-refractivity contribution in [3.63, 3.8) is 0 Å². The molecule has 1 aliphatic heterocycles. The summed E-state index contributed by atoms with van der Waals surface area (Å²) in [7, 11) is 0. The van der Waals surface area contributed by atoms with E-state index in [9.17, 15) is 0 Å². The third kappa shape index (κ3) is 3.90. The number of nitrogens with zero attached hydrogens (tertiary/aromatic N) is 2. The van der Waals surface area contributed by atoms with Crippen LogP contribution >= 0.6 is 23.8 Å². The van der Waals surface area contributed by atoms with Gasteiger partial charge < -0.3 is 20.1 Å². The van der Waals surface area contributed by atoms with E-state index in [1.165, 1.54) is 0 Å². The van der Waals surface area contributed by atoms with Gasteiger partial charge in [0.2, 0.25) is 6.79 Å². The number of fused-ring (bicyclic) bond motifs is 1. The Hall–Kier alpha value is -2.77. The number of hydrogen-bond donors (Lipinski definition) is 2. The Labute approximate surface area is 173 Å². The minimum atomic E-state index is 0.243. The highest BCUT2D eigenvalue weighted by Gasteiger charge is 2.15. The van der Waals surface area contributed by atoms with Gasteiger partial charge in [-0.25, -0.2) is 0 Å². The van der Waals surface area contributed by atoms with Crippen molar-refractivity contribution < 1.29 is 9.47 Å². The van der Waals surface area contributed by atoms with Crippen molar-refractivity contribution >= 4 is 40.3 Å². The molecule has 0 saturated carbocycles. The fourth-order valence-corrected chi connectivity index (χ4v) is 3.39. The molecule has 1 aliphatic rings. The van der Waals surface area contributed by atoms with Gasteiger partial charge in [0.05, 0.1) is 23.6 Å². The fourth-order valence-electron chi connectivity index (χ4n) is 3.04. The number of benzene rings is 2. The van der Waals surface area contributed by atoms with Crippen LogP contribution in [0.2, 0.25) is 5.02 Å². The molecule has 2 heterocycles. The molecule has 8 heteroatoms. The molecule has 0 spiro atoms. The van der Waals surface area contributed by atoms with Crippen molar-refractivity contribution in [2.75, 3.05) is 17.4 Å². The molecule has 0 amide bonds. The first-order chi connectivity index (χ1) is 13.5. The highest BCUT2D eigenvalue weighted by atomic mass is 35.5. The molecule has 0 saturated heterocycles. The second-order valence-corrected chi connectivity index (χ2v) is 7.32. The molecule has 1 aromatic heterocycles. The third-order valence-electron chi connectivity index (χ3n) is 4.50. The number of halogens is 1. The molecule has 3 aromatic rings. The Morgan fingerprint density at radius 3 is 2.64 bits per heavy atom. The molecule has 28 heavy (non-hydrogen) atoms. The number of ether oxygens (including phenoxy) is 2. The summed E-state index contributed by atoms with van der Waals surface area (Å²) in [6.45, 7) is 4.87. The van der Waals surface area contributed by atoms with Gasteiger partial charge >= 0.3 is 0 Å². The largest absolute Gasteiger partial charge is 0.454 e. The van der Waals surface area contributed by atoms with Crippen LogP contribution in [-0.4, -0.2) is 21.7 Å². The fraction of sp³-hybridized carbons (Fsp3) is 0.200.